The molecule has 0 radical (unpaired) electrons. The molecule has 106 valence electrons. The van der Waals surface area contributed by atoms with Crippen LogP contribution in [-0.4, -0.2) is 24.4 Å². The first kappa shape index (κ1) is 16.5. The number of thioether (sulfide) groups is 1. The van der Waals surface area contributed by atoms with Gasteiger partial charge in [-0.25, -0.2) is 4.39 Å². The average Bonchev–Trinajstić information content (AvgIpc) is 2.36. The number of nitrogens with two attached hydrogens (primary N) is 1. The fraction of sp³-hybridized carbons (Fsp3) is 0.462. The van der Waals surface area contributed by atoms with E-state index in [1.165, 1.54) is 12.1 Å². The maximum absolute atomic E-state index is 12.9. The molecule has 0 saturated heterocycles. The lowest BCUT2D eigenvalue weighted by atomic mass is 10.2. The molecule has 2 N–H and O–H groups in total. The van der Waals surface area contributed by atoms with Crippen molar-refractivity contribution in [2.45, 2.75) is 25.1 Å². The molecule has 1 aromatic rings. The minimum Gasteiger partial charge on any atom is -0.465 e. The maximum Gasteiger partial charge on any atom is 0.322 e. The molecule has 1 rings (SSSR count). The normalized spacial score (nSPS) is 12.2. The van der Waals surface area contributed by atoms with E-state index < -0.39 is 6.04 Å². The third kappa shape index (κ3) is 5.93. The van der Waals surface area contributed by atoms with Crippen LogP contribution in [0.3, 0.4) is 0 Å². The smallest absolute Gasteiger partial charge is 0.322 e. The zero-order valence-corrected chi connectivity index (χ0v) is 13.1. The zero-order valence-electron chi connectivity index (χ0n) is 10.7. The summed E-state index contributed by atoms with van der Waals surface area (Å²) in [7, 11) is 0. The SMILES string of the molecule is CCOC(=O)C(N)CCSCc1ccc(F)cc1Br. The number of benzene rings is 1. The topological polar surface area (TPSA) is 52.3 Å². The molecule has 0 spiro atoms. The Kier molecular flexibility index (Phi) is 7.41. The van der Waals surface area contributed by atoms with Crippen molar-refractivity contribution in [2.24, 2.45) is 5.73 Å². The molecule has 0 amide bonds. The van der Waals surface area contributed by atoms with Crippen molar-refractivity contribution >= 4 is 33.7 Å². The first-order chi connectivity index (χ1) is 9.04. The fourth-order valence-corrected chi connectivity index (χ4v) is 3.11. The van der Waals surface area contributed by atoms with E-state index in [1.54, 1.807) is 24.8 Å². The third-order valence-corrected chi connectivity index (χ3v) is 4.21. The highest BCUT2D eigenvalue weighted by atomic mass is 79.9. The van der Waals surface area contributed by atoms with Gasteiger partial charge >= 0.3 is 5.97 Å². The van der Waals surface area contributed by atoms with Crippen LogP contribution in [0.5, 0.6) is 0 Å². The first-order valence-corrected chi connectivity index (χ1v) is 7.93. The summed E-state index contributed by atoms with van der Waals surface area (Å²) in [6.07, 6.45) is 0.572. The second-order valence-electron chi connectivity index (χ2n) is 3.94. The van der Waals surface area contributed by atoms with Gasteiger partial charge in [-0.2, -0.15) is 11.8 Å². The Morgan fingerprint density at radius 2 is 2.32 bits per heavy atom. The second kappa shape index (κ2) is 8.55. The molecule has 1 atom stereocenters. The van der Waals surface area contributed by atoms with Crippen molar-refractivity contribution in [2.75, 3.05) is 12.4 Å². The summed E-state index contributed by atoms with van der Waals surface area (Å²) in [5, 5.41) is 0. The van der Waals surface area contributed by atoms with Crippen molar-refractivity contribution in [3.05, 3.63) is 34.1 Å². The van der Waals surface area contributed by atoms with E-state index in [9.17, 15) is 9.18 Å². The minimum absolute atomic E-state index is 0.259. The maximum atomic E-state index is 12.9. The van der Waals surface area contributed by atoms with E-state index in [0.717, 1.165) is 21.5 Å². The number of ether oxygens (including phenoxy) is 1. The molecular formula is C13H17BrFNO2S. The van der Waals surface area contributed by atoms with Crippen molar-refractivity contribution in [3.63, 3.8) is 0 Å². The van der Waals surface area contributed by atoms with Crippen molar-refractivity contribution in [1.82, 2.24) is 0 Å². The van der Waals surface area contributed by atoms with Gasteiger partial charge in [0.2, 0.25) is 0 Å². The van der Waals surface area contributed by atoms with Crippen LogP contribution >= 0.6 is 27.7 Å². The summed E-state index contributed by atoms with van der Waals surface area (Å²) in [5.74, 6) is 0.885. The number of esters is 1. The molecule has 0 heterocycles. The molecule has 0 aliphatic rings. The Morgan fingerprint density at radius 1 is 1.58 bits per heavy atom. The molecule has 1 unspecified atom stereocenters. The highest BCUT2D eigenvalue weighted by Crippen LogP contribution is 2.23. The Hall–Kier alpha value is -0.590. The average molecular weight is 350 g/mol. The van der Waals surface area contributed by atoms with E-state index >= 15 is 0 Å². The van der Waals surface area contributed by atoms with Gasteiger partial charge in [0, 0.05) is 10.2 Å². The summed E-state index contributed by atoms with van der Waals surface area (Å²) in [6.45, 7) is 2.10. The lowest BCUT2D eigenvalue weighted by molar-refractivity contribution is -0.144. The van der Waals surface area contributed by atoms with Gasteiger partial charge < -0.3 is 10.5 Å². The van der Waals surface area contributed by atoms with E-state index in [4.69, 9.17) is 10.5 Å². The van der Waals surface area contributed by atoms with Crippen LogP contribution in [0.1, 0.15) is 18.9 Å². The summed E-state index contributed by atoms with van der Waals surface area (Å²) in [4.78, 5) is 11.3. The van der Waals surface area contributed by atoms with Gasteiger partial charge in [-0.05, 0) is 36.8 Å². The monoisotopic (exact) mass is 349 g/mol. The van der Waals surface area contributed by atoms with Gasteiger partial charge in [0.15, 0.2) is 0 Å². The van der Waals surface area contributed by atoms with Gasteiger partial charge in [-0.15, -0.1) is 0 Å². The molecule has 19 heavy (non-hydrogen) atoms. The molecule has 0 bridgehead atoms. The van der Waals surface area contributed by atoms with E-state index in [1.807, 2.05) is 0 Å². The van der Waals surface area contributed by atoms with Crippen LogP contribution in [0, 0.1) is 5.82 Å². The predicted octanol–water partition coefficient (Wildman–Crippen LogP) is 3.10. The molecule has 0 aliphatic carbocycles. The standard InChI is InChI=1S/C13H17BrFNO2S/c1-2-18-13(17)12(16)5-6-19-8-9-3-4-10(15)7-11(9)14/h3-4,7,12H,2,5-6,8,16H2,1H3. The number of carbonyl (C=O) groups excluding carboxylic acids is 1. The zero-order chi connectivity index (χ0) is 14.3. The quantitative estimate of drug-likeness (QED) is 0.607. The van der Waals surface area contributed by atoms with Crippen LogP contribution in [-0.2, 0) is 15.3 Å². The molecule has 0 saturated carbocycles. The van der Waals surface area contributed by atoms with Gasteiger partial charge in [-0.3, -0.25) is 4.79 Å². The number of carbonyl (C=O) groups is 1. The highest BCUT2D eigenvalue weighted by molar-refractivity contribution is 9.10. The Morgan fingerprint density at radius 3 is 2.95 bits per heavy atom. The molecule has 3 nitrogen and oxygen atoms in total. The predicted molar refractivity (Wildman–Crippen MR) is 79.5 cm³/mol. The van der Waals surface area contributed by atoms with E-state index in [-0.39, 0.29) is 11.8 Å². The van der Waals surface area contributed by atoms with Gasteiger partial charge in [0.1, 0.15) is 11.9 Å². The summed E-state index contributed by atoms with van der Waals surface area (Å²) >= 11 is 4.97. The molecule has 1 aromatic carbocycles. The largest absolute Gasteiger partial charge is 0.465 e. The Balaban J connectivity index is 2.29. The first-order valence-electron chi connectivity index (χ1n) is 5.98. The molecule has 0 aromatic heterocycles. The Labute approximate surface area is 125 Å². The van der Waals surface area contributed by atoms with Crippen molar-refractivity contribution in [1.29, 1.82) is 0 Å². The second-order valence-corrected chi connectivity index (χ2v) is 5.90. The van der Waals surface area contributed by atoms with Gasteiger partial charge in [-0.1, -0.05) is 22.0 Å². The van der Waals surface area contributed by atoms with Crippen molar-refractivity contribution < 1.29 is 13.9 Å². The van der Waals surface area contributed by atoms with E-state index in [2.05, 4.69) is 15.9 Å². The van der Waals surface area contributed by atoms with E-state index in [0.29, 0.717) is 13.0 Å². The van der Waals surface area contributed by atoms with Crippen LogP contribution in [0.2, 0.25) is 0 Å². The molecule has 0 fully saturated rings. The number of hydrogen-bond donors (Lipinski definition) is 1. The molecular weight excluding hydrogens is 333 g/mol. The molecule has 6 heteroatoms. The van der Waals surface area contributed by atoms with Crippen LogP contribution in [0.25, 0.3) is 0 Å². The summed E-state index contributed by atoms with van der Waals surface area (Å²) in [6, 6.07) is 4.06. The fourth-order valence-electron chi connectivity index (χ4n) is 1.40. The van der Waals surface area contributed by atoms with Crippen LogP contribution < -0.4 is 5.73 Å². The number of rotatable bonds is 7. The van der Waals surface area contributed by atoms with Crippen LogP contribution in [0.15, 0.2) is 22.7 Å². The summed E-state index contributed by atoms with van der Waals surface area (Å²) in [5.41, 5.74) is 6.71. The Bertz CT molecular complexity index is 431. The lowest BCUT2D eigenvalue weighted by Gasteiger charge is -2.10. The van der Waals surface area contributed by atoms with Crippen molar-refractivity contribution in [3.8, 4) is 0 Å². The molecule has 0 aliphatic heterocycles. The number of hydrogen-bond acceptors (Lipinski definition) is 4. The van der Waals surface area contributed by atoms with Gasteiger partial charge in [0.05, 0.1) is 6.61 Å². The summed E-state index contributed by atoms with van der Waals surface area (Å²) < 4.78 is 18.5. The van der Waals surface area contributed by atoms with Crippen LogP contribution in [0.4, 0.5) is 4.39 Å². The minimum atomic E-state index is -0.566. The third-order valence-electron chi connectivity index (χ3n) is 2.44. The number of halogens is 2. The highest BCUT2D eigenvalue weighted by Gasteiger charge is 2.13. The van der Waals surface area contributed by atoms with Gasteiger partial charge in [0.25, 0.3) is 0 Å². The lowest BCUT2D eigenvalue weighted by Crippen LogP contribution is -2.32.